The predicted molar refractivity (Wildman–Crippen MR) is 568 cm³/mol. The van der Waals surface area contributed by atoms with Crippen molar-refractivity contribution >= 4 is 63.7 Å². The van der Waals surface area contributed by atoms with Crippen molar-refractivity contribution in [1.29, 1.82) is 0 Å². The summed E-state index contributed by atoms with van der Waals surface area (Å²) in [6.45, 7) is 88.5. The maximum atomic E-state index is 13.9. The van der Waals surface area contributed by atoms with Crippen LogP contribution in [0.3, 0.4) is 0 Å². The SMILES string of the molecule is CC(C)(C)CCOc1c(F)cccc1C(=O)C(C)(C)C.CC(C)(C)CCOc1cc(C(=O)C(C)(C)C)ccc1Cl.CC(C)(C)CCOc1cc(C(=O)C(C)(C)C)ccc1F.CC(C)(C)CCOc1ccc(C(=O)C(C)(C)C)cc1.CC(C)(C)CCOc1ccc(C(=O)C(C)(C)C)cc1Cl.CC(C)(C)CCOc1ccc(C(=O)C(C)(C)C)cc1F.CC(C)(C)CCOc1cccc(C(=O)C(C)(C)C)c1. The molecule has 0 radical (unpaired) electrons. The monoisotopic (exact) mass is 1960 g/mol. The number of carbonyl (C=O) groups excluding carboxylic acids is 7. The van der Waals surface area contributed by atoms with E-state index in [1.165, 1.54) is 36.4 Å². The van der Waals surface area contributed by atoms with Crippen LogP contribution in [-0.4, -0.2) is 86.7 Å². The lowest BCUT2D eigenvalue weighted by Gasteiger charge is -2.21. The summed E-state index contributed by atoms with van der Waals surface area (Å²) >= 11 is 12.3. The van der Waals surface area contributed by atoms with Gasteiger partial charge < -0.3 is 33.2 Å². The summed E-state index contributed by atoms with van der Waals surface area (Å²) in [6.07, 6.45) is 6.34. The van der Waals surface area contributed by atoms with Crippen LogP contribution in [0.1, 0.15) is 408 Å². The molecule has 7 rings (SSSR count). The van der Waals surface area contributed by atoms with Gasteiger partial charge in [-0.05, 0) is 204 Å². The fraction of sp³-hybridized carbons (Fsp3) is 0.588. The highest BCUT2D eigenvalue weighted by Crippen LogP contribution is 2.38. The van der Waals surface area contributed by atoms with Crippen LogP contribution >= 0.6 is 23.2 Å². The van der Waals surface area contributed by atoms with Gasteiger partial charge in [-0.3, -0.25) is 33.6 Å². The third kappa shape index (κ3) is 52.6. The molecule has 7 aromatic carbocycles. The summed E-state index contributed by atoms with van der Waals surface area (Å²) in [5.41, 5.74) is 2.27. The minimum atomic E-state index is -0.560. The number of halogens is 5. The van der Waals surface area contributed by atoms with Gasteiger partial charge in [0.2, 0.25) is 0 Å². The normalized spacial score (nSPS) is 12.3. The first kappa shape index (κ1) is 127. The number of hydrogen-bond acceptors (Lipinski definition) is 14. The first-order chi connectivity index (χ1) is 62.2. The molecule has 0 spiro atoms. The first-order valence-electron chi connectivity index (χ1n) is 48.6. The molecular formula is C119H177Cl2F3O14. The molecule has 0 heterocycles. The molecule has 0 saturated heterocycles. The van der Waals surface area contributed by atoms with Crippen LogP contribution in [0, 0.1) is 93.3 Å². The molecular weight excluding hydrogens is 1780 g/mol. The Kier molecular flexibility index (Phi) is 49.2. The van der Waals surface area contributed by atoms with Gasteiger partial charge >= 0.3 is 0 Å². The van der Waals surface area contributed by atoms with Gasteiger partial charge in [-0.1, -0.05) is 332 Å². The molecule has 7 aromatic rings. The molecule has 19 heteroatoms. The largest absolute Gasteiger partial charge is 0.494 e. The Morgan fingerprint density at radius 2 is 0.493 bits per heavy atom. The van der Waals surface area contributed by atoms with E-state index in [1.807, 2.05) is 194 Å². The zero-order valence-electron chi connectivity index (χ0n) is 92.8. The van der Waals surface area contributed by atoms with E-state index in [2.05, 4.69) is 145 Å². The molecule has 14 nitrogen and oxygen atoms in total. The zero-order chi connectivity index (χ0) is 107. The van der Waals surface area contributed by atoms with E-state index in [9.17, 15) is 46.7 Å². The number of ether oxygens (including phenoxy) is 7. The highest BCUT2D eigenvalue weighted by atomic mass is 35.5. The van der Waals surface area contributed by atoms with Gasteiger partial charge in [0.15, 0.2) is 75.2 Å². The number of carbonyl (C=O) groups is 7. The van der Waals surface area contributed by atoms with Crippen molar-refractivity contribution in [3.05, 3.63) is 206 Å². The van der Waals surface area contributed by atoms with E-state index in [1.54, 1.807) is 54.6 Å². The van der Waals surface area contributed by atoms with Crippen LogP contribution in [-0.2, 0) is 0 Å². The molecule has 0 fully saturated rings. The Hall–Kier alpha value is -8.80. The van der Waals surface area contributed by atoms with Gasteiger partial charge in [0.1, 0.15) is 23.0 Å². The fourth-order valence-electron chi connectivity index (χ4n) is 11.6. The van der Waals surface area contributed by atoms with Crippen LogP contribution in [0.5, 0.6) is 40.2 Å². The molecule has 0 bridgehead atoms. The molecule has 0 saturated carbocycles. The maximum Gasteiger partial charge on any atom is 0.172 e. The molecule has 0 aliphatic heterocycles. The Morgan fingerprint density at radius 3 is 0.855 bits per heavy atom. The van der Waals surface area contributed by atoms with E-state index in [-0.39, 0.29) is 106 Å². The van der Waals surface area contributed by atoms with Crippen molar-refractivity contribution < 1.29 is 79.9 Å². The molecule has 0 aliphatic rings. The van der Waals surface area contributed by atoms with Crippen molar-refractivity contribution in [2.45, 2.75) is 336 Å². The summed E-state index contributed by atoms with van der Waals surface area (Å²) < 4.78 is 80.9. The van der Waals surface area contributed by atoms with E-state index < -0.39 is 44.5 Å². The number of ketones is 7. The van der Waals surface area contributed by atoms with Gasteiger partial charge in [0.25, 0.3) is 0 Å². The van der Waals surface area contributed by atoms with Crippen molar-refractivity contribution in [1.82, 2.24) is 0 Å². The topological polar surface area (TPSA) is 184 Å². The maximum absolute atomic E-state index is 13.9. The van der Waals surface area contributed by atoms with Crippen LogP contribution in [0.25, 0.3) is 0 Å². The molecule has 0 aromatic heterocycles. The van der Waals surface area contributed by atoms with E-state index >= 15 is 0 Å². The third-order valence-electron chi connectivity index (χ3n) is 20.7. The van der Waals surface area contributed by atoms with E-state index in [4.69, 9.17) is 56.4 Å². The average molecular weight is 1960 g/mol. The molecule has 0 atom stereocenters. The average Bonchev–Trinajstić information content (AvgIpc) is 0.812. The summed E-state index contributed by atoms with van der Waals surface area (Å²) in [4.78, 5) is 85.3. The van der Waals surface area contributed by atoms with E-state index in [0.717, 1.165) is 67.6 Å². The van der Waals surface area contributed by atoms with Crippen molar-refractivity contribution in [3.8, 4) is 40.2 Å². The molecule has 138 heavy (non-hydrogen) atoms. The van der Waals surface area contributed by atoms with Crippen molar-refractivity contribution in [2.75, 3.05) is 46.2 Å². The fourth-order valence-corrected chi connectivity index (χ4v) is 12.0. The van der Waals surface area contributed by atoms with Gasteiger partial charge in [-0.15, -0.1) is 0 Å². The van der Waals surface area contributed by atoms with Gasteiger partial charge in [0, 0.05) is 71.3 Å². The van der Waals surface area contributed by atoms with Crippen LogP contribution in [0.4, 0.5) is 13.2 Å². The smallest absolute Gasteiger partial charge is 0.172 e. The number of hydrogen-bond donors (Lipinski definition) is 0. The van der Waals surface area contributed by atoms with Gasteiger partial charge in [-0.2, -0.15) is 0 Å². The Labute approximate surface area is 842 Å². The number of benzene rings is 7. The van der Waals surface area contributed by atoms with Gasteiger partial charge in [0.05, 0.1) is 61.9 Å². The minimum Gasteiger partial charge on any atom is -0.494 e. The summed E-state index contributed by atoms with van der Waals surface area (Å²) in [7, 11) is 0. The molecule has 772 valence electrons. The number of rotatable bonds is 28. The Bertz CT molecular complexity index is 4830. The van der Waals surface area contributed by atoms with Crippen LogP contribution < -0.4 is 33.2 Å². The quantitative estimate of drug-likeness (QED) is 0.0422. The Balaban J connectivity index is 0.000000805. The highest BCUT2D eigenvalue weighted by Gasteiger charge is 2.32. The van der Waals surface area contributed by atoms with Crippen LogP contribution in [0.2, 0.25) is 10.0 Å². The number of Topliss-reactive ketones (excluding diaryl/α,β-unsaturated/α-hetero) is 7. The van der Waals surface area contributed by atoms with Gasteiger partial charge in [-0.25, -0.2) is 13.2 Å². The Morgan fingerprint density at radius 1 is 0.217 bits per heavy atom. The minimum absolute atomic E-state index is 0.0156. The lowest BCUT2D eigenvalue weighted by atomic mass is 9.86. The van der Waals surface area contributed by atoms with Crippen molar-refractivity contribution in [3.63, 3.8) is 0 Å². The first-order valence-corrected chi connectivity index (χ1v) is 49.4. The highest BCUT2D eigenvalue weighted by molar-refractivity contribution is 6.32. The predicted octanol–water partition coefficient (Wildman–Crippen LogP) is 34.8. The van der Waals surface area contributed by atoms with E-state index in [0.29, 0.717) is 95.6 Å². The van der Waals surface area contributed by atoms with Crippen LogP contribution in [0.15, 0.2) is 140 Å². The lowest BCUT2D eigenvalue weighted by Crippen LogP contribution is -2.22. The molecule has 0 amide bonds. The lowest BCUT2D eigenvalue weighted by molar-refractivity contribution is 0.0847. The summed E-state index contributed by atoms with van der Waals surface area (Å²) in [5.74, 6) is 2.19. The third-order valence-corrected chi connectivity index (χ3v) is 21.4. The molecule has 0 N–H and O–H groups in total. The second-order valence-corrected chi connectivity index (χ2v) is 52.2. The van der Waals surface area contributed by atoms with Crippen molar-refractivity contribution in [2.24, 2.45) is 75.8 Å². The second-order valence-electron chi connectivity index (χ2n) is 51.4. The molecule has 0 unspecified atom stereocenters. The molecule has 0 aliphatic carbocycles. The second kappa shape index (κ2) is 53.3. The zero-order valence-corrected chi connectivity index (χ0v) is 94.3. The summed E-state index contributed by atoms with van der Waals surface area (Å²) in [5, 5.41) is 1.04. The number of para-hydroxylation sites is 1. The standard InChI is InChI=1S/2C17H25ClO2.3C17H25FO2.2C17H26O2/c1-16(2,3)9-10-20-14-8-7-12(11-13(14)18)15(19)17(4,5)6;1-16(2,3)9-10-20-14-11-12(7-8-13(14)18)15(19)17(4,5)6;1-16(2,3)9-10-20-14-8-7-12(11-13(14)18)15(19)17(4,5)6;1-16(2,3)9-10-20-14-11-12(7-8-13(14)18)15(19)17(4,5)6;1-16(2,3)10-11-20-14-12(8-7-9-13(14)18)15(19)17(4,5)6;1-16(2,3)11-12-19-14-9-7-13(8-10-14)15(18)17(4,5)6;1-16(2,3)10-11-19-14-9-7-8-13(12-14)15(18)17(4,5)6/h4*7-8,11H,9-10H2,1-6H3;7-9H,10-11H2,1-6H3;7-10H,11-12H2,1-6H3;7-9,12H,10-11H2,1-6H3. The summed E-state index contributed by atoms with van der Waals surface area (Å²) in [6, 6.07) is 38.7.